The van der Waals surface area contributed by atoms with Crippen LogP contribution in [0.3, 0.4) is 0 Å². The van der Waals surface area contributed by atoms with Crippen LogP contribution in [-0.2, 0) is 11.3 Å². The summed E-state index contributed by atoms with van der Waals surface area (Å²) in [5, 5.41) is 5.35. The zero-order valence-electron chi connectivity index (χ0n) is 16.6. The fourth-order valence-electron chi connectivity index (χ4n) is 3.79. The highest BCUT2D eigenvalue weighted by Gasteiger charge is 2.23. The molecule has 6 heteroatoms. The van der Waals surface area contributed by atoms with Crippen molar-refractivity contribution in [3.05, 3.63) is 84.1 Å². The van der Waals surface area contributed by atoms with Gasteiger partial charge in [-0.15, -0.1) is 0 Å². The first-order valence-corrected chi connectivity index (χ1v) is 10.1. The zero-order valence-corrected chi connectivity index (χ0v) is 16.6. The summed E-state index contributed by atoms with van der Waals surface area (Å²) in [5.41, 5.74) is 4.24. The molecule has 0 N–H and O–H groups in total. The minimum Gasteiger partial charge on any atom is -0.378 e. The van der Waals surface area contributed by atoms with Crippen LogP contribution in [0, 0.1) is 0 Å². The van der Waals surface area contributed by atoms with Crippen LogP contribution in [0.1, 0.15) is 15.9 Å². The van der Waals surface area contributed by atoms with Gasteiger partial charge in [-0.25, -0.2) is 9.67 Å². The molecule has 0 aliphatic carbocycles. The van der Waals surface area contributed by atoms with Gasteiger partial charge < -0.3 is 9.64 Å². The number of nitrogens with zero attached hydrogens (tertiary/aromatic N) is 4. The van der Waals surface area contributed by atoms with Crippen molar-refractivity contribution >= 4 is 16.9 Å². The van der Waals surface area contributed by atoms with Gasteiger partial charge in [0.15, 0.2) is 5.65 Å². The highest BCUT2D eigenvalue weighted by Crippen LogP contribution is 2.26. The minimum absolute atomic E-state index is 0.00198. The first-order chi connectivity index (χ1) is 14.8. The predicted molar refractivity (Wildman–Crippen MR) is 115 cm³/mol. The Kier molecular flexibility index (Phi) is 4.99. The lowest BCUT2D eigenvalue weighted by Crippen LogP contribution is -2.40. The quantitative estimate of drug-likeness (QED) is 0.527. The third-order valence-corrected chi connectivity index (χ3v) is 5.38. The van der Waals surface area contributed by atoms with E-state index in [-0.39, 0.29) is 5.91 Å². The number of carbonyl (C=O) groups is 1. The lowest BCUT2D eigenvalue weighted by Gasteiger charge is -2.27. The van der Waals surface area contributed by atoms with Crippen molar-refractivity contribution in [2.45, 2.75) is 6.54 Å². The summed E-state index contributed by atoms with van der Waals surface area (Å²) in [7, 11) is 0. The maximum atomic E-state index is 13.4. The van der Waals surface area contributed by atoms with Gasteiger partial charge >= 0.3 is 0 Å². The van der Waals surface area contributed by atoms with Gasteiger partial charge in [0.25, 0.3) is 5.91 Å². The molecular formula is C24H22N4O2. The van der Waals surface area contributed by atoms with Crippen LogP contribution in [0.2, 0.25) is 0 Å². The molecule has 1 amide bonds. The van der Waals surface area contributed by atoms with E-state index in [0.717, 1.165) is 27.9 Å². The molecule has 1 aliphatic rings. The van der Waals surface area contributed by atoms with E-state index in [1.54, 1.807) is 6.20 Å². The van der Waals surface area contributed by atoms with Crippen LogP contribution in [0.5, 0.6) is 0 Å². The van der Waals surface area contributed by atoms with Crippen molar-refractivity contribution in [2.75, 3.05) is 26.3 Å². The lowest BCUT2D eigenvalue weighted by molar-refractivity contribution is 0.0304. The van der Waals surface area contributed by atoms with Gasteiger partial charge in [-0.05, 0) is 11.6 Å². The molecule has 2 aromatic carbocycles. The number of aromatic nitrogens is 3. The molecule has 1 aliphatic heterocycles. The van der Waals surface area contributed by atoms with Crippen LogP contribution in [0.15, 0.2) is 72.9 Å². The number of hydrogen-bond acceptors (Lipinski definition) is 4. The van der Waals surface area contributed by atoms with E-state index in [1.807, 2.05) is 64.2 Å². The summed E-state index contributed by atoms with van der Waals surface area (Å²) in [5.74, 6) is 0.00198. The fourth-order valence-corrected chi connectivity index (χ4v) is 3.79. The summed E-state index contributed by atoms with van der Waals surface area (Å²) in [4.78, 5) is 20.1. The average molecular weight is 398 g/mol. The SMILES string of the molecule is O=C(c1cc(-c2ccccc2)nc2c1cnn2Cc1ccccc1)N1CCOCC1. The highest BCUT2D eigenvalue weighted by molar-refractivity contribution is 6.06. The van der Waals surface area contributed by atoms with Crippen LogP contribution >= 0.6 is 0 Å². The monoisotopic (exact) mass is 398 g/mol. The predicted octanol–water partition coefficient (Wildman–Crippen LogP) is 3.62. The van der Waals surface area contributed by atoms with E-state index in [9.17, 15) is 4.79 Å². The van der Waals surface area contributed by atoms with Crippen LogP contribution in [-0.4, -0.2) is 51.9 Å². The number of carbonyl (C=O) groups excluding carboxylic acids is 1. The number of hydrogen-bond donors (Lipinski definition) is 0. The van der Waals surface area contributed by atoms with E-state index in [2.05, 4.69) is 17.2 Å². The zero-order chi connectivity index (χ0) is 20.3. The third-order valence-electron chi connectivity index (χ3n) is 5.38. The Labute approximate surface area is 174 Å². The largest absolute Gasteiger partial charge is 0.378 e. The number of ether oxygens (including phenoxy) is 1. The lowest BCUT2D eigenvalue weighted by atomic mass is 10.1. The van der Waals surface area contributed by atoms with Gasteiger partial charge in [-0.3, -0.25) is 4.79 Å². The second kappa shape index (κ2) is 8.08. The van der Waals surface area contributed by atoms with Gasteiger partial charge in [0.1, 0.15) is 0 Å². The summed E-state index contributed by atoms with van der Waals surface area (Å²) in [6, 6.07) is 22.0. The van der Waals surface area contributed by atoms with E-state index in [4.69, 9.17) is 9.72 Å². The van der Waals surface area contributed by atoms with Gasteiger partial charge in [0.2, 0.25) is 0 Å². The van der Waals surface area contributed by atoms with Gasteiger partial charge in [-0.1, -0.05) is 60.7 Å². The Morgan fingerprint density at radius 1 is 0.967 bits per heavy atom. The van der Waals surface area contributed by atoms with Crippen molar-refractivity contribution in [1.29, 1.82) is 0 Å². The Balaban J connectivity index is 1.63. The number of morpholine rings is 1. The fraction of sp³-hybridized carbons (Fsp3) is 0.208. The molecule has 0 atom stereocenters. The molecule has 0 radical (unpaired) electrons. The van der Waals surface area contributed by atoms with E-state index >= 15 is 0 Å². The van der Waals surface area contributed by atoms with Gasteiger partial charge in [-0.2, -0.15) is 5.10 Å². The standard InChI is InChI=1S/C24H22N4O2/c29-24(27-11-13-30-14-12-27)20-15-22(19-9-5-2-6-10-19)26-23-21(20)16-25-28(23)17-18-7-3-1-4-8-18/h1-10,15-16H,11-14,17H2. The molecule has 4 aromatic rings. The molecule has 0 spiro atoms. The summed E-state index contributed by atoms with van der Waals surface area (Å²) >= 11 is 0. The highest BCUT2D eigenvalue weighted by atomic mass is 16.5. The molecule has 1 saturated heterocycles. The molecule has 0 bridgehead atoms. The van der Waals surface area contributed by atoms with Gasteiger partial charge in [0.05, 0.1) is 42.6 Å². The van der Waals surface area contributed by atoms with Crippen molar-refractivity contribution < 1.29 is 9.53 Å². The first-order valence-electron chi connectivity index (χ1n) is 10.1. The molecule has 1 fully saturated rings. The van der Waals surface area contributed by atoms with Crippen LogP contribution < -0.4 is 0 Å². The maximum absolute atomic E-state index is 13.4. The number of pyridine rings is 1. The molecule has 0 unspecified atom stereocenters. The van der Waals surface area contributed by atoms with Crippen LogP contribution in [0.25, 0.3) is 22.3 Å². The second-order valence-electron chi connectivity index (χ2n) is 7.35. The molecule has 6 nitrogen and oxygen atoms in total. The molecule has 150 valence electrons. The molecule has 5 rings (SSSR count). The van der Waals surface area contributed by atoms with Gasteiger partial charge in [0, 0.05) is 18.7 Å². The Hall–Kier alpha value is -3.51. The normalized spacial score (nSPS) is 14.2. The number of amides is 1. The summed E-state index contributed by atoms with van der Waals surface area (Å²) < 4.78 is 7.28. The first kappa shape index (κ1) is 18.5. The minimum atomic E-state index is 0.00198. The molecule has 3 heterocycles. The summed E-state index contributed by atoms with van der Waals surface area (Å²) in [6.45, 7) is 2.93. The third kappa shape index (κ3) is 3.57. The van der Waals surface area contributed by atoms with Crippen molar-refractivity contribution in [2.24, 2.45) is 0 Å². The smallest absolute Gasteiger partial charge is 0.254 e. The van der Waals surface area contributed by atoms with E-state index < -0.39 is 0 Å². The topological polar surface area (TPSA) is 60.2 Å². The van der Waals surface area contributed by atoms with Crippen molar-refractivity contribution in [3.63, 3.8) is 0 Å². The van der Waals surface area contributed by atoms with Crippen molar-refractivity contribution in [3.8, 4) is 11.3 Å². The Morgan fingerprint density at radius 3 is 2.40 bits per heavy atom. The Morgan fingerprint density at radius 2 is 1.67 bits per heavy atom. The molecule has 0 saturated carbocycles. The van der Waals surface area contributed by atoms with Crippen molar-refractivity contribution in [1.82, 2.24) is 19.7 Å². The molecule has 30 heavy (non-hydrogen) atoms. The average Bonchev–Trinajstić information content (AvgIpc) is 3.22. The number of rotatable bonds is 4. The van der Waals surface area contributed by atoms with Crippen LogP contribution in [0.4, 0.5) is 0 Å². The second-order valence-corrected chi connectivity index (χ2v) is 7.35. The molecule has 2 aromatic heterocycles. The number of fused-ring (bicyclic) bond motifs is 1. The Bertz CT molecular complexity index is 1170. The summed E-state index contributed by atoms with van der Waals surface area (Å²) in [6.07, 6.45) is 1.76. The number of benzene rings is 2. The molecular weight excluding hydrogens is 376 g/mol. The van der Waals surface area contributed by atoms with E-state index in [1.165, 1.54) is 0 Å². The van der Waals surface area contributed by atoms with E-state index in [0.29, 0.717) is 38.4 Å². The maximum Gasteiger partial charge on any atom is 0.254 e.